The highest BCUT2D eigenvalue weighted by Crippen LogP contribution is 2.37. The van der Waals surface area contributed by atoms with Gasteiger partial charge in [-0.1, -0.05) is 18.2 Å². The van der Waals surface area contributed by atoms with Crippen LogP contribution in [0.1, 0.15) is 0 Å². The first-order valence-corrected chi connectivity index (χ1v) is 4.51. The van der Waals surface area contributed by atoms with Crippen LogP contribution in [0, 0.1) is 0 Å². The van der Waals surface area contributed by atoms with Crippen LogP contribution in [-0.4, -0.2) is 23.9 Å². The van der Waals surface area contributed by atoms with E-state index in [-0.39, 0.29) is 6.54 Å². The molecule has 15 heavy (non-hydrogen) atoms. The van der Waals surface area contributed by atoms with Gasteiger partial charge in [-0.15, -0.1) is 0 Å². The lowest BCUT2D eigenvalue weighted by molar-refractivity contribution is -0.128. The van der Waals surface area contributed by atoms with E-state index in [1.165, 1.54) is 0 Å². The number of benzene rings is 1. The number of anilines is 1. The number of hydrogen-bond acceptors (Lipinski definition) is 3. The van der Waals surface area contributed by atoms with Crippen LogP contribution in [0.4, 0.5) is 5.69 Å². The molecule has 0 saturated carbocycles. The Balaban J connectivity index is 2.31. The van der Waals surface area contributed by atoms with E-state index >= 15 is 0 Å². The Morgan fingerprint density at radius 3 is 2.07 bits per heavy atom. The number of nitrogens with zero attached hydrogens (tertiary/aromatic N) is 1. The van der Waals surface area contributed by atoms with E-state index in [1.54, 1.807) is 17.0 Å². The van der Waals surface area contributed by atoms with Gasteiger partial charge in [0.2, 0.25) is 5.54 Å². The number of nitrogens with two attached hydrogens (primary N) is 2. The molecule has 1 aliphatic heterocycles. The minimum Gasteiger partial charge on any atom is -0.367 e. The number of carbonyl (C=O) groups is 2. The lowest BCUT2D eigenvalue weighted by Crippen LogP contribution is -2.47. The van der Waals surface area contributed by atoms with Crippen molar-refractivity contribution in [2.24, 2.45) is 11.5 Å². The van der Waals surface area contributed by atoms with Crippen LogP contribution in [0.5, 0.6) is 0 Å². The van der Waals surface area contributed by atoms with Gasteiger partial charge in [0, 0.05) is 5.69 Å². The summed E-state index contributed by atoms with van der Waals surface area (Å²) in [4.78, 5) is 24.0. The van der Waals surface area contributed by atoms with Crippen LogP contribution in [-0.2, 0) is 9.59 Å². The smallest absolute Gasteiger partial charge is 0.255 e. The van der Waals surface area contributed by atoms with Gasteiger partial charge in [-0.2, -0.15) is 0 Å². The Labute approximate surface area is 86.6 Å². The van der Waals surface area contributed by atoms with E-state index in [1.807, 2.05) is 18.2 Å². The SMILES string of the molecule is NC(=O)C1(C(N)=O)CN1c1ccccc1. The van der Waals surface area contributed by atoms with Crippen LogP contribution in [0.25, 0.3) is 0 Å². The Morgan fingerprint density at radius 1 is 1.13 bits per heavy atom. The molecule has 1 aliphatic rings. The Hall–Kier alpha value is -2.04. The number of primary amides is 2. The zero-order valence-electron chi connectivity index (χ0n) is 8.01. The summed E-state index contributed by atoms with van der Waals surface area (Å²) >= 11 is 0. The summed E-state index contributed by atoms with van der Waals surface area (Å²) in [6.45, 7) is 0.266. The number of para-hydroxylation sites is 1. The zero-order chi connectivity index (χ0) is 11.1. The Kier molecular flexibility index (Phi) is 1.89. The van der Waals surface area contributed by atoms with Crippen molar-refractivity contribution in [3.63, 3.8) is 0 Å². The van der Waals surface area contributed by atoms with Gasteiger partial charge in [-0.25, -0.2) is 0 Å². The highest BCUT2D eigenvalue weighted by atomic mass is 16.2. The van der Waals surface area contributed by atoms with Gasteiger partial charge >= 0.3 is 0 Å². The van der Waals surface area contributed by atoms with Crippen LogP contribution >= 0.6 is 0 Å². The van der Waals surface area contributed by atoms with Gasteiger partial charge in [0.15, 0.2) is 0 Å². The molecule has 0 atom stereocenters. The summed E-state index contributed by atoms with van der Waals surface area (Å²) < 4.78 is 0. The molecule has 5 heteroatoms. The van der Waals surface area contributed by atoms with Crippen molar-refractivity contribution in [2.45, 2.75) is 5.54 Å². The third-order valence-electron chi connectivity index (χ3n) is 2.63. The van der Waals surface area contributed by atoms with Crippen LogP contribution in [0.15, 0.2) is 30.3 Å². The van der Waals surface area contributed by atoms with Crippen molar-refractivity contribution in [2.75, 3.05) is 11.4 Å². The first kappa shape index (κ1) is 9.51. The molecule has 0 aromatic heterocycles. The average molecular weight is 205 g/mol. The van der Waals surface area contributed by atoms with E-state index in [0.29, 0.717) is 0 Å². The molecule has 0 aliphatic carbocycles. The fourth-order valence-electron chi connectivity index (χ4n) is 1.66. The van der Waals surface area contributed by atoms with Gasteiger partial charge in [-0.05, 0) is 12.1 Å². The van der Waals surface area contributed by atoms with E-state index in [4.69, 9.17) is 11.5 Å². The van der Waals surface area contributed by atoms with Crippen LogP contribution in [0.3, 0.4) is 0 Å². The minimum absolute atomic E-state index is 0.266. The van der Waals surface area contributed by atoms with Crippen LogP contribution < -0.4 is 16.4 Å². The summed E-state index contributed by atoms with van der Waals surface area (Å²) in [5, 5.41) is 0. The molecule has 1 fully saturated rings. The van der Waals surface area contributed by atoms with E-state index in [9.17, 15) is 9.59 Å². The maximum Gasteiger partial charge on any atom is 0.255 e. The summed E-state index contributed by atoms with van der Waals surface area (Å²) in [5.74, 6) is -1.39. The molecule has 1 saturated heterocycles. The predicted octanol–water partition coefficient (Wildman–Crippen LogP) is -0.784. The van der Waals surface area contributed by atoms with Gasteiger partial charge in [0.1, 0.15) is 0 Å². The standard InChI is InChI=1S/C10H11N3O2/c11-8(14)10(9(12)15)6-13(10)7-4-2-1-3-5-7/h1-5H,6H2,(H2,11,14)(H2,12,15). The van der Waals surface area contributed by atoms with E-state index < -0.39 is 17.4 Å². The first-order chi connectivity index (χ1) is 7.09. The summed E-state index contributed by atoms with van der Waals surface area (Å²) in [5.41, 5.74) is 9.82. The molecule has 1 aromatic carbocycles. The highest BCUT2D eigenvalue weighted by molar-refractivity contribution is 6.17. The molecule has 2 rings (SSSR count). The third kappa shape index (κ3) is 1.24. The predicted molar refractivity (Wildman–Crippen MR) is 54.9 cm³/mol. The molecule has 5 nitrogen and oxygen atoms in total. The first-order valence-electron chi connectivity index (χ1n) is 4.51. The quantitative estimate of drug-likeness (QED) is 0.501. The van der Waals surface area contributed by atoms with Crippen molar-refractivity contribution in [3.05, 3.63) is 30.3 Å². The third-order valence-corrected chi connectivity index (χ3v) is 2.63. The number of rotatable bonds is 3. The molecule has 0 bridgehead atoms. The summed E-state index contributed by atoms with van der Waals surface area (Å²) in [6, 6.07) is 9.09. The zero-order valence-corrected chi connectivity index (χ0v) is 8.01. The lowest BCUT2D eigenvalue weighted by Gasteiger charge is -2.11. The fraction of sp³-hybridized carbons (Fsp3) is 0.200. The maximum atomic E-state index is 11.2. The second-order valence-electron chi connectivity index (χ2n) is 3.51. The molecule has 2 amide bonds. The molecular weight excluding hydrogens is 194 g/mol. The second kappa shape index (κ2) is 2.98. The average Bonchev–Trinajstić information content (AvgIpc) is 2.95. The molecule has 0 spiro atoms. The van der Waals surface area contributed by atoms with Crippen LogP contribution in [0.2, 0.25) is 0 Å². The maximum absolute atomic E-state index is 11.2. The van der Waals surface area contributed by atoms with Gasteiger partial charge in [0.25, 0.3) is 11.8 Å². The van der Waals surface area contributed by atoms with E-state index in [0.717, 1.165) is 5.69 Å². The normalized spacial score (nSPS) is 17.2. The number of carbonyl (C=O) groups excluding carboxylic acids is 2. The molecule has 1 heterocycles. The molecule has 0 unspecified atom stereocenters. The number of amides is 2. The molecule has 4 N–H and O–H groups in total. The monoisotopic (exact) mass is 205 g/mol. The van der Waals surface area contributed by atoms with Gasteiger partial charge in [0.05, 0.1) is 6.54 Å². The van der Waals surface area contributed by atoms with Gasteiger partial charge < -0.3 is 16.4 Å². The fourth-order valence-corrected chi connectivity index (χ4v) is 1.66. The highest BCUT2D eigenvalue weighted by Gasteiger charge is 2.62. The molecule has 78 valence electrons. The summed E-state index contributed by atoms with van der Waals surface area (Å²) in [7, 11) is 0. The topological polar surface area (TPSA) is 89.2 Å². The largest absolute Gasteiger partial charge is 0.367 e. The minimum atomic E-state index is -1.32. The Bertz CT molecular complexity index is 402. The molecule has 1 aromatic rings. The van der Waals surface area contributed by atoms with E-state index in [2.05, 4.69) is 0 Å². The van der Waals surface area contributed by atoms with Crippen molar-refractivity contribution in [1.29, 1.82) is 0 Å². The lowest BCUT2D eigenvalue weighted by atomic mass is 10.1. The van der Waals surface area contributed by atoms with Crippen molar-refractivity contribution in [1.82, 2.24) is 0 Å². The number of hydrogen-bond donors (Lipinski definition) is 2. The van der Waals surface area contributed by atoms with Crippen molar-refractivity contribution < 1.29 is 9.59 Å². The molecular formula is C10H11N3O2. The second-order valence-corrected chi connectivity index (χ2v) is 3.51. The van der Waals surface area contributed by atoms with Gasteiger partial charge in [-0.3, -0.25) is 9.59 Å². The Morgan fingerprint density at radius 2 is 1.67 bits per heavy atom. The van der Waals surface area contributed by atoms with Crippen molar-refractivity contribution in [3.8, 4) is 0 Å². The molecule has 0 radical (unpaired) electrons. The summed E-state index contributed by atoms with van der Waals surface area (Å²) in [6.07, 6.45) is 0. The van der Waals surface area contributed by atoms with Crippen molar-refractivity contribution >= 4 is 17.5 Å².